The first-order valence-electron chi connectivity index (χ1n) is 8.41. The summed E-state index contributed by atoms with van der Waals surface area (Å²) in [6.45, 7) is -1.09. The fraction of sp³-hybridized carbons (Fsp3) is 0.111. The van der Waals surface area contributed by atoms with Crippen molar-refractivity contribution >= 4 is 51.1 Å². The van der Waals surface area contributed by atoms with Crippen molar-refractivity contribution in [2.45, 2.75) is 6.54 Å². The maximum Gasteiger partial charge on any atom is 0.328 e. The van der Waals surface area contributed by atoms with Gasteiger partial charge in [0.2, 0.25) is 0 Å². The summed E-state index contributed by atoms with van der Waals surface area (Å²) in [5, 5.41) is 5.34. The van der Waals surface area contributed by atoms with Crippen LogP contribution in [0.5, 0.6) is 0 Å². The highest BCUT2D eigenvalue weighted by atomic mass is 32.1. The fourth-order valence-corrected chi connectivity index (χ4v) is 3.32. The highest BCUT2D eigenvalue weighted by Gasteiger charge is 2.14. The molecule has 0 fully saturated rings. The lowest BCUT2D eigenvalue weighted by atomic mass is 10.2. The van der Waals surface area contributed by atoms with Crippen LogP contribution in [0.1, 0.15) is 0 Å². The summed E-state index contributed by atoms with van der Waals surface area (Å²) in [6.07, 6.45) is 0. The van der Waals surface area contributed by atoms with Crippen LogP contribution in [-0.2, 0) is 20.9 Å². The number of rotatable bonds is 5. The lowest BCUT2D eigenvalue weighted by Crippen LogP contribution is -2.33. The van der Waals surface area contributed by atoms with Gasteiger partial charge in [0.1, 0.15) is 17.6 Å². The second kappa shape index (κ2) is 7.64. The number of ether oxygens (including phenoxy) is 1. The zero-order valence-corrected chi connectivity index (χ0v) is 15.6. The molecular weight excluding hydrogens is 398 g/mol. The third-order valence-electron chi connectivity index (χ3n) is 4.10. The first-order chi connectivity index (χ1) is 14.0. The van der Waals surface area contributed by atoms with Crippen molar-refractivity contribution in [2.75, 3.05) is 11.9 Å². The monoisotopic (exact) mass is 411 g/mol. The Morgan fingerprint density at radius 3 is 2.69 bits per heavy atom. The van der Waals surface area contributed by atoms with Gasteiger partial charge >= 0.3 is 5.97 Å². The van der Waals surface area contributed by atoms with Crippen molar-refractivity contribution < 1.29 is 14.3 Å². The van der Waals surface area contributed by atoms with Gasteiger partial charge in [0.15, 0.2) is 6.61 Å². The Morgan fingerprint density at radius 2 is 1.86 bits per heavy atom. The van der Waals surface area contributed by atoms with Gasteiger partial charge in [0.25, 0.3) is 17.0 Å². The number of amides is 1. The van der Waals surface area contributed by atoms with Crippen molar-refractivity contribution in [3.8, 4) is 0 Å². The minimum absolute atomic E-state index is 0.187. The van der Waals surface area contributed by atoms with Gasteiger partial charge in [-0.05, 0) is 24.3 Å². The van der Waals surface area contributed by atoms with Gasteiger partial charge in [0, 0.05) is 0 Å². The zero-order chi connectivity index (χ0) is 20.4. The minimum Gasteiger partial charge on any atom is -0.454 e. The largest absolute Gasteiger partial charge is 0.454 e. The summed E-state index contributed by atoms with van der Waals surface area (Å²) >= 11 is 1.02. The summed E-state index contributed by atoms with van der Waals surface area (Å²) in [4.78, 5) is 48.5. The normalized spacial score (nSPS) is 10.9. The Hall–Kier alpha value is -3.86. The molecule has 0 aliphatic carbocycles. The van der Waals surface area contributed by atoms with E-state index in [1.807, 2.05) is 0 Å². The molecule has 0 bridgehead atoms. The number of anilines is 1. The lowest BCUT2D eigenvalue weighted by molar-refractivity contribution is -0.148. The molecule has 2 aromatic heterocycles. The number of carbonyl (C=O) groups is 2. The number of esters is 1. The predicted molar refractivity (Wildman–Crippen MR) is 106 cm³/mol. The van der Waals surface area contributed by atoms with Crippen LogP contribution in [0.25, 0.3) is 21.8 Å². The smallest absolute Gasteiger partial charge is 0.328 e. The van der Waals surface area contributed by atoms with E-state index in [1.165, 1.54) is 12.1 Å². The molecule has 4 rings (SSSR count). The van der Waals surface area contributed by atoms with Gasteiger partial charge in [-0.3, -0.25) is 24.3 Å². The second-order valence-electron chi connectivity index (χ2n) is 6.02. The average Bonchev–Trinajstić information content (AvgIpc) is 3.20. The van der Waals surface area contributed by atoms with E-state index >= 15 is 0 Å². The molecule has 0 atom stereocenters. The van der Waals surface area contributed by atoms with E-state index in [9.17, 15) is 19.2 Å². The molecule has 0 saturated carbocycles. The molecule has 10 nitrogen and oxygen atoms in total. The number of hydrogen-bond acceptors (Lipinski definition) is 8. The summed E-state index contributed by atoms with van der Waals surface area (Å²) in [5.74, 6) is -1.42. The molecule has 146 valence electrons. The van der Waals surface area contributed by atoms with E-state index in [-0.39, 0.29) is 10.8 Å². The first-order valence-corrected chi connectivity index (χ1v) is 9.14. The Morgan fingerprint density at radius 1 is 1.07 bits per heavy atom. The van der Waals surface area contributed by atoms with Crippen molar-refractivity contribution in [3.05, 3.63) is 63.2 Å². The molecule has 0 aliphatic rings. The van der Waals surface area contributed by atoms with Crippen LogP contribution in [0.3, 0.4) is 0 Å². The van der Waals surface area contributed by atoms with Crippen LogP contribution < -0.4 is 16.4 Å². The lowest BCUT2D eigenvalue weighted by Gasteiger charge is -2.08. The molecule has 0 unspecified atom stereocenters. The fourth-order valence-electron chi connectivity index (χ4n) is 2.77. The van der Waals surface area contributed by atoms with Crippen molar-refractivity contribution in [3.63, 3.8) is 0 Å². The molecule has 2 heterocycles. The molecule has 4 aromatic rings. The van der Waals surface area contributed by atoms with E-state index in [2.05, 4.69) is 19.2 Å². The number of nitrogens with one attached hydrogen (secondary N) is 2. The summed E-state index contributed by atoms with van der Waals surface area (Å²) in [6, 6.07) is 11.4. The molecule has 1 amide bonds. The molecule has 0 spiro atoms. The van der Waals surface area contributed by atoms with Gasteiger partial charge in [-0.25, -0.2) is 4.68 Å². The van der Waals surface area contributed by atoms with Gasteiger partial charge in [-0.2, -0.15) is 8.75 Å². The average molecular weight is 411 g/mol. The first kappa shape index (κ1) is 18.5. The molecule has 29 heavy (non-hydrogen) atoms. The van der Waals surface area contributed by atoms with Gasteiger partial charge in [-0.15, -0.1) is 0 Å². The minimum atomic E-state index is -0.846. The molecule has 0 radical (unpaired) electrons. The molecular formula is C18H13N5O5S. The molecule has 0 aliphatic heterocycles. The highest BCUT2D eigenvalue weighted by molar-refractivity contribution is 7.00. The van der Waals surface area contributed by atoms with E-state index in [0.717, 1.165) is 16.4 Å². The topological polar surface area (TPSA) is 136 Å². The Balaban J connectivity index is 1.42. The molecule has 11 heteroatoms. The highest BCUT2D eigenvalue weighted by Crippen LogP contribution is 2.20. The van der Waals surface area contributed by atoms with Crippen LogP contribution in [0.15, 0.2) is 52.1 Å². The number of carbonyl (C=O) groups excluding carboxylic acids is 2. The standard InChI is InChI=1S/C18H13N5O5S/c24-14(19-12-6-3-7-13-16(12)22-29-21-13)9-28-15(25)8-23-18(27)11-5-2-1-4-10(11)17(26)20-23/h1-7H,8-9H2,(H,19,24)(H,20,26). The predicted octanol–water partition coefficient (Wildman–Crippen LogP) is 0.876. The van der Waals surface area contributed by atoms with Crippen molar-refractivity contribution in [2.24, 2.45) is 0 Å². The number of nitrogens with zero attached hydrogens (tertiary/aromatic N) is 3. The molecule has 0 saturated heterocycles. The number of benzene rings is 2. The zero-order valence-electron chi connectivity index (χ0n) is 14.7. The number of aromatic amines is 1. The number of fused-ring (bicyclic) bond motifs is 2. The summed E-state index contributed by atoms with van der Waals surface area (Å²) in [5.41, 5.74) is 0.592. The third kappa shape index (κ3) is 3.75. The Bertz CT molecular complexity index is 1360. The van der Waals surface area contributed by atoms with Crippen molar-refractivity contribution in [1.82, 2.24) is 18.5 Å². The summed E-state index contributed by atoms with van der Waals surface area (Å²) in [7, 11) is 0. The molecule has 2 N–H and O–H groups in total. The maximum absolute atomic E-state index is 12.4. The van der Waals surface area contributed by atoms with E-state index in [0.29, 0.717) is 16.7 Å². The number of aromatic nitrogens is 4. The second-order valence-corrected chi connectivity index (χ2v) is 6.55. The Labute approximate surface area is 166 Å². The third-order valence-corrected chi connectivity index (χ3v) is 4.64. The maximum atomic E-state index is 12.4. The SMILES string of the molecule is O=C(COC(=O)Cn1[nH]c(=O)c2ccccc2c1=O)Nc1cccc2nsnc12. The van der Waals surface area contributed by atoms with Crippen LogP contribution in [-0.4, -0.2) is 37.0 Å². The Kier molecular flexibility index (Phi) is 4.87. The number of hydrogen-bond donors (Lipinski definition) is 2. The quantitative estimate of drug-likeness (QED) is 0.465. The van der Waals surface area contributed by atoms with Crippen molar-refractivity contribution in [1.29, 1.82) is 0 Å². The van der Waals surface area contributed by atoms with Gasteiger partial charge < -0.3 is 10.1 Å². The molecule has 2 aromatic carbocycles. The van der Waals surface area contributed by atoms with Crippen LogP contribution in [0.2, 0.25) is 0 Å². The summed E-state index contributed by atoms with van der Waals surface area (Å²) < 4.78 is 13.9. The van der Waals surface area contributed by atoms with Crippen LogP contribution in [0, 0.1) is 0 Å². The van der Waals surface area contributed by atoms with E-state index in [1.54, 1.807) is 30.3 Å². The van der Waals surface area contributed by atoms with E-state index < -0.39 is 36.1 Å². The van der Waals surface area contributed by atoms with E-state index in [4.69, 9.17) is 4.74 Å². The van der Waals surface area contributed by atoms with Gasteiger partial charge in [-0.1, -0.05) is 18.2 Å². The van der Waals surface area contributed by atoms with Gasteiger partial charge in [0.05, 0.1) is 28.2 Å². The van der Waals surface area contributed by atoms with Crippen LogP contribution >= 0.6 is 11.7 Å². The van der Waals surface area contributed by atoms with Crippen LogP contribution in [0.4, 0.5) is 5.69 Å². The number of H-pyrrole nitrogens is 1.